The first-order valence-electron chi connectivity index (χ1n) is 12.7. The summed E-state index contributed by atoms with van der Waals surface area (Å²) in [5.41, 5.74) is 1.97. The molecular weight excluding hydrogens is 557 g/mol. The highest BCUT2D eigenvalue weighted by molar-refractivity contribution is 7.92. The lowest BCUT2D eigenvalue weighted by Gasteiger charge is -2.33. The Bertz CT molecular complexity index is 1380. The van der Waals surface area contributed by atoms with Gasteiger partial charge in [-0.25, -0.2) is 8.42 Å². The summed E-state index contributed by atoms with van der Waals surface area (Å²) in [6.07, 6.45) is 1.09. The number of anilines is 1. The number of amides is 2. The van der Waals surface area contributed by atoms with E-state index in [1.807, 2.05) is 45.0 Å². The Morgan fingerprint density at radius 3 is 2.18 bits per heavy atom. The molecule has 0 aromatic heterocycles. The van der Waals surface area contributed by atoms with Crippen molar-refractivity contribution in [3.8, 4) is 0 Å². The lowest BCUT2D eigenvalue weighted by molar-refractivity contribution is -0.140. The Morgan fingerprint density at radius 2 is 1.59 bits per heavy atom. The van der Waals surface area contributed by atoms with Crippen LogP contribution >= 0.6 is 23.2 Å². The van der Waals surface area contributed by atoms with Crippen LogP contribution < -0.4 is 9.62 Å². The van der Waals surface area contributed by atoms with E-state index < -0.39 is 28.5 Å². The van der Waals surface area contributed by atoms with Crippen LogP contribution in [-0.4, -0.2) is 44.3 Å². The predicted octanol–water partition coefficient (Wildman–Crippen LogP) is 5.83. The van der Waals surface area contributed by atoms with Gasteiger partial charge in [-0.2, -0.15) is 0 Å². The van der Waals surface area contributed by atoms with E-state index in [9.17, 15) is 18.0 Å². The summed E-state index contributed by atoms with van der Waals surface area (Å²) in [6.45, 7) is 5.75. The molecule has 0 radical (unpaired) electrons. The standard InChI is InChI=1S/C29H33Cl2N3O4S/c1-4-14-32-29(36)27(5-2)33(19-22-11-9-10-21(3)15-22)28(35)20-34(25-17-23(30)16-24(31)18-25)39(37,38)26-12-7-6-8-13-26/h6-13,15-18,27H,4-5,14,19-20H2,1-3H3,(H,32,36). The Morgan fingerprint density at radius 1 is 0.923 bits per heavy atom. The fourth-order valence-electron chi connectivity index (χ4n) is 4.22. The molecule has 1 unspecified atom stereocenters. The van der Waals surface area contributed by atoms with Crippen molar-refractivity contribution in [3.05, 3.63) is 94.0 Å². The van der Waals surface area contributed by atoms with Crippen molar-refractivity contribution in [2.75, 3.05) is 17.4 Å². The molecule has 0 heterocycles. The molecule has 2 amide bonds. The topological polar surface area (TPSA) is 86.8 Å². The molecule has 10 heteroatoms. The Balaban J connectivity index is 2.07. The molecule has 3 rings (SSSR count). The van der Waals surface area contributed by atoms with Crippen LogP contribution in [0.2, 0.25) is 10.0 Å². The normalized spacial score (nSPS) is 12.0. The maximum absolute atomic E-state index is 14.0. The van der Waals surface area contributed by atoms with Gasteiger partial charge in [0.2, 0.25) is 11.8 Å². The zero-order valence-electron chi connectivity index (χ0n) is 22.2. The number of sulfonamides is 1. The first-order valence-corrected chi connectivity index (χ1v) is 14.9. The van der Waals surface area contributed by atoms with Gasteiger partial charge in [-0.1, -0.05) is 85.1 Å². The average Bonchev–Trinajstić information content (AvgIpc) is 2.90. The van der Waals surface area contributed by atoms with Gasteiger partial charge in [0.25, 0.3) is 10.0 Å². The zero-order chi connectivity index (χ0) is 28.6. The highest BCUT2D eigenvalue weighted by Gasteiger charge is 2.33. The minimum atomic E-state index is -4.19. The molecule has 0 fully saturated rings. The summed E-state index contributed by atoms with van der Waals surface area (Å²) in [7, 11) is -4.19. The first kappa shape index (κ1) is 30.5. The monoisotopic (exact) mass is 589 g/mol. The van der Waals surface area contributed by atoms with Gasteiger partial charge in [0.05, 0.1) is 10.6 Å². The molecule has 7 nitrogen and oxygen atoms in total. The van der Waals surface area contributed by atoms with Gasteiger partial charge in [0.1, 0.15) is 12.6 Å². The van der Waals surface area contributed by atoms with Gasteiger partial charge in [-0.15, -0.1) is 0 Å². The molecule has 0 bridgehead atoms. The number of carbonyl (C=O) groups excluding carboxylic acids is 2. The molecule has 1 atom stereocenters. The fourth-order valence-corrected chi connectivity index (χ4v) is 6.16. The quantitative estimate of drug-likeness (QED) is 0.288. The number of rotatable bonds is 12. The van der Waals surface area contributed by atoms with Crippen LogP contribution in [0.15, 0.2) is 77.7 Å². The Hall–Kier alpha value is -3.07. The summed E-state index contributed by atoms with van der Waals surface area (Å²) in [6, 6.07) is 19.0. The number of hydrogen-bond donors (Lipinski definition) is 1. The second-order valence-corrected chi connectivity index (χ2v) is 11.9. The van der Waals surface area contributed by atoms with E-state index in [1.165, 1.54) is 35.2 Å². The van der Waals surface area contributed by atoms with Crippen LogP contribution in [0.1, 0.15) is 37.8 Å². The van der Waals surface area contributed by atoms with E-state index in [1.54, 1.807) is 18.2 Å². The van der Waals surface area contributed by atoms with Crippen LogP contribution in [0.25, 0.3) is 0 Å². The molecule has 0 aliphatic heterocycles. The Labute approximate surface area is 240 Å². The number of nitrogens with zero attached hydrogens (tertiary/aromatic N) is 2. The molecule has 0 saturated carbocycles. The number of benzene rings is 3. The summed E-state index contributed by atoms with van der Waals surface area (Å²) < 4.78 is 28.6. The molecule has 1 N–H and O–H groups in total. The Kier molecular flexibility index (Phi) is 10.8. The van der Waals surface area contributed by atoms with Gasteiger partial charge in [0, 0.05) is 23.1 Å². The molecular formula is C29H33Cl2N3O4S. The van der Waals surface area contributed by atoms with Gasteiger partial charge >= 0.3 is 0 Å². The smallest absolute Gasteiger partial charge is 0.264 e. The van der Waals surface area contributed by atoms with E-state index >= 15 is 0 Å². The molecule has 208 valence electrons. The van der Waals surface area contributed by atoms with Crippen LogP contribution in [0.4, 0.5) is 5.69 Å². The number of halogens is 2. The van der Waals surface area contributed by atoms with Crippen molar-refractivity contribution in [1.29, 1.82) is 0 Å². The third kappa shape index (κ3) is 7.97. The SMILES string of the molecule is CCCNC(=O)C(CC)N(Cc1cccc(C)c1)C(=O)CN(c1cc(Cl)cc(Cl)c1)S(=O)(=O)c1ccccc1. The van der Waals surface area contributed by atoms with E-state index in [0.717, 1.165) is 21.9 Å². The molecule has 0 saturated heterocycles. The largest absolute Gasteiger partial charge is 0.354 e. The van der Waals surface area contributed by atoms with Crippen LogP contribution in [0, 0.1) is 6.92 Å². The first-order chi connectivity index (χ1) is 18.6. The molecule has 3 aromatic rings. The second-order valence-electron chi connectivity index (χ2n) is 9.18. The van der Waals surface area contributed by atoms with Crippen molar-refractivity contribution in [2.24, 2.45) is 0 Å². The third-order valence-corrected chi connectivity index (χ3v) is 8.34. The predicted molar refractivity (Wildman–Crippen MR) is 157 cm³/mol. The van der Waals surface area contributed by atoms with E-state index in [2.05, 4.69) is 5.32 Å². The van der Waals surface area contributed by atoms with Crippen LogP contribution in [0.3, 0.4) is 0 Å². The maximum atomic E-state index is 14.0. The van der Waals surface area contributed by atoms with Crippen molar-refractivity contribution in [1.82, 2.24) is 10.2 Å². The third-order valence-electron chi connectivity index (χ3n) is 6.12. The van der Waals surface area contributed by atoms with Crippen LogP contribution in [-0.2, 0) is 26.2 Å². The molecule has 0 aliphatic rings. The van der Waals surface area contributed by atoms with Crippen molar-refractivity contribution in [3.63, 3.8) is 0 Å². The van der Waals surface area contributed by atoms with Gasteiger partial charge in [-0.3, -0.25) is 13.9 Å². The highest BCUT2D eigenvalue weighted by Crippen LogP contribution is 2.30. The summed E-state index contributed by atoms with van der Waals surface area (Å²) in [5, 5.41) is 3.32. The van der Waals surface area contributed by atoms with E-state index in [0.29, 0.717) is 13.0 Å². The van der Waals surface area contributed by atoms with Gasteiger partial charge < -0.3 is 10.2 Å². The van der Waals surface area contributed by atoms with E-state index in [4.69, 9.17) is 23.2 Å². The summed E-state index contributed by atoms with van der Waals surface area (Å²) in [5.74, 6) is -0.825. The fraction of sp³-hybridized carbons (Fsp3) is 0.310. The summed E-state index contributed by atoms with van der Waals surface area (Å²) >= 11 is 12.4. The van der Waals surface area contributed by atoms with Crippen molar-refractivity contribution >= 4 is 50.7 Å². The minimum absolute atomic E-state index is 0.00635. The average molecular weight is 591 g/mol. The molecule has 0 spiro atoms. The highest BCUT2D eigenvalue weighted by atomic mass is 35.5. The lowest BCUT2D eigenvalue weighted by atomic mass is 10.1. The minimum Gasteiger partial charge on any atom is -0.354 e. The second kappa shape index (κ2) is 13.8. The van der Waals surface area contributed by atoms with E-state index in [-0.39, 0.29) is 33.1 Å². The number of nitrogens with one attached hydrogen (secondary N) is 1. The zero-order valence-corrected chi connectivity index (χ0v) is 24.6. The van der Waals surface area contributed by atoms with Gasteiger partial charge in [0.15, 0.2) is 0 Å². The van der Waals surface area contributed by atoms with Crippen molar-refractivity contribution < 1.29 is 18.0 Å². The lowest BCUT2D eigenvalue weighted by Crippen LogP contribution is -2.52. The maximum Gasteiger partial charge on any atom is 0.264 e. The number of hydrogen-bond acceptors (Lipinski definition) is 4. The number of aryl methyl sites for hydroxylation is 1. The van der Waals surface area contributed by atoms with Crippen molar-refractivity contribution in [2.45, 2.75) is 51.1 Å². The molecule has 3 aromatic carbocycles. The molecule has 39 heavy (non-hydrogen) atoms. The van der Waals surface area contributed by atoms with Gasteiger partial charge in [-0.05, 0) is 55.7 Å². The summed E-state index contributed by atoms with van der Waals surface area (Å²) in [4.78, 5) is 28.6. The molecule has 0 aliphatic carbocycles. The van der Waals surface area contributed by atoms with Crippen LogP contribution in [0.5, 0.6) is 0 Å². The number of carbonyl (C=O) groups is 2.